The molecule has 0 radical (unpaired) electrons. The van der Waals surface area contributed by atoms with Crippen LogP contribution in [0, 0.1) is 0 Å². The maximum Gasteiger partial charge on any atom is 0.257 e. The molecule has 1 amide bonds. The summed E-state index contributed by atoms with van der Waals surface area (Å²) in [6.07, 6.45) is 7.75. The zero-order chi connectivity index (χ0) is 12.3. The van der Waals surface area contributed by atoms with Crippen LogP contribution in [0.1, 0.15) is 36.0 Å². The molecule has 1 heterocycles. The van der Waals surface area contributed by atoms with Crippen molar-refractivity contribution in [2.45, 2.75) is 31.7 Å². The molecule has 0 atom stereocenters. The molecular weight excluding hydrogens is 218 g/mol. The molecule has 1 aromatic heterocycles. The molecule has 0 spiro atoms. The summed E-state index contributed by atoms with van der Waals surface area (Å²) < 4.78 is 1.62. The average molecular weight is 237 g/mol. The summed E-state index contributed by atoms with van der Waals surface area (Å²) >= 11 is 0. The first-order valence-corrected chi connectivity index (χ1v) is 6.13. The fraction of sp³-hybridized carbons (Fsp3) is 0.667. The first kappa shape index (κ1) is 12.1. The number of aryl methyl sites for hydroxylation is 1. The molecule has 17 heavy (non-hydrogen) atoms. The number of aliphatic hydroxyl groups excluding tert-OH is 1. The second-order valence-electron chi connectivity index (χ2n) is 4.56. The maximum atomic E-state index is 12.3. The van der Waals surface area contributed by atoms with E-state index in [0.29, 0.717) is 12.1 Å². The van der Waals surface area contributed by atoms with Crippen molar-refractivity contribution in [2.75, 3.05) is 13.2 Å². The molecule has 0 bridgehead atoms. The molecule has 0 unspecified atom stereocenters. The monoisotopic (exact) mass is 237 g/mol. The molecule has 1 fully saturated rings. The molecule has 0 aromatic carbocycles. The molecule has 5 nitrogen and oxygen atoms in total. The summed E-state index contributed by atoms with van der Waals surface area (Å²) in [4.78, 5) is 14.1. The Balaban J connectivity index is 2.12. The van der Waals surface area contributed by atoms with Crippen LogP contribution in [0.5, 0.6) is 0 Å². The van der Waals surface area contributed by atoms with Crippen LogP contribution in [-0.2, 0) is 7.05 Å². The van der Waals surface area contributed by atoms with Gasteiger partial charge in [-0.15, -0.1) is 0 Å². The third-order valence-corrected chi connectivity index (χ3v) is 3.32. The topological polar surface area (TPSA) is 58.4 Å². The van der Waals surface area contributed by atoms with E-state index in [1.54, 1.807) is 29.0 Å². The molecule has 0 aliphatic heterocycles. The van der Waals surface area contributed by atoms with Crippen LogP contribution >= 0.6 is 0 Å². The maximum absolute atomic E-state index is 12.3. The Hall–Kier alpha value is -1.36. The van der Waals surface area contributed by atoms with Crippen molar-refractivity contribution in [2.24, 2.45) is 7.05 Å². The van der Waals surface area contributed by atoms with E-state index in [-0.39, 0.29) is 18.6 Å². The molecule has 1 aromatic rings. The van der Waals surface area contributed by atoms with Crippen molar-refractivity contribution in [3.05, 3.63) is 18.0 Å². The summed E-state index contributed by atoms with van der Waals surface area (Å²) in [6.45, 7) is 0.431. The highest BCUT2D eigenvalue weighted by atomic mass is 16.3. The van der Waals surface area contributed by atoms with Crippen molar-refractivity contribution < 1.29 is 9.90 Å². The molecule has 5 heteroatoms. The first-order chi connectivity index (χ1) is 8.22. The van der Waals surface area contributed by atoms with Gasteiger partial charge < -0.3 is 10.0 Å². The van der Waals surface area contributed by atoms with Crippen LogP contribution in [-0.4, -0.2) is 44.9 Å². The standard InChI is InChI=1S/C12H19N3O2/c1-14-9-10(8-13-14)12(17)15(6-7-16)11-4-2-3-5-11/h8-9,11,16H,2-7H2,1H3. The van der Waals surface area contributed by atoms with E-state index in [1.807, 2.05) is 0 Å². The Morgan fingerprint density at radius 3 is 2.82 bits per heavy atom. The Morgan fingerprint density at radius 2 is 2.29 bits per heavy atom. The number of hydrogen-bond donors (Lipinski definition) is 1. The van der Waals surface area contributed by atoms with Gasteiger partial charge in [0.2, 0.25) is 0 Å². The number of carbonyl (C=O) groups excluding carboxylic acids is 1. The lowest BCUT2D eigenvalue weighted by Gasteiger charge is -2.27. The van der Waals surface area contributed by atoms with Crippen LogP contribution in [0.15, 0.2) is 12.4 Å². The average Bonchev–Trinajstić information content (AvgIpc) is 2.95. The predicted octanol–water partition coefficient (Wildman–Crippen LogP) is 0.797. The van der Waals surface area contributed by atoms with E-state index >= 15 is 0 Å². The number of carbonyl (C=O) groups is 1. The van der Waals surface area contributed by atoms with Crippen LogP contribution < -0.4 is 0 Å². The van der Waals surface area contributed by atoms with E-state index in [0.717, 1.165) is 12.8 Å². The van der Waals surface area contributed by atoms with Gasteiger partial charge in [0.1, 0.15) is 0 Å². The van der Waals surface area contributed by atoms with Gasteiger partial charge in [-0.3, -0.25) is 9.48 Å². The number of rotatable bonds is 4. The quantitative estimate of drug-likeness (QED) is 0.842. The zero-order valence-electron chi connectivity index (χ0n) is 10.2. The Morgan fingerprint density at radius 1 is 1.59 bits per heavy atom. The molecule has 2 rings (SSSR count). The second-order valence-corrected chi connectivity index (χ2v) is 4.56. The zero-order valence-corrected chi connectivity index (χ0v) is 10.2. The van der Waals surface area contributed by atoms with Gasteiger partial charge in [0.15, 0.2) is 0 Å². The van der Waals surface area contributed by atoms with Crippen molar-refractivity contribution in [1.29, 1.82) is 0 Å². The molecule has 1 aliphatic carbocycles. The molecule has 1 aliphatic rings. The number of aliphatic hydroxyl groups is 1. The summed E-state index contributed by atoms with van der Waals surface area (Å²) in [5.41, 5.74) is 0.604. The summed E-state index contributed by atoms with van der Waals surface area (Å²) in [6, 6.07) is 0.287. The minimum Gasteiger partial charge on any atom is -0.395 e. The minimum atomic E-state index is -0.0148. The van der Waals surface area contributed by atoms with Gasteiger partial charge in [-0.2, -0.15) is 5.10 Å². The van der Waals surface area contributed by atoms with Crippen molar-refractivity contribution in [3.8, 4) is 0 Å². The summed E-state index contributed by atoms with van der Waals surface area (Å²) in [5.74, 6) is -0.0148. The molecule has 1 saturated carbocycles. The number of amides is 1. The minimum absolute atomic E-state index is 0.0148. The van der Waals surface area contributed by atoms with Gasteiger partial charge in [-0.25, -0.2) is 0 Å². The highest BCUT2D eigenvalue weighted by Gasteiger charge is 2.27. The summed E-state index contributed by atoms with van der Waals surface area (Å²) in [5, 5.41) is 13.1. The summed E-state index contributed by atoms with van der Waals surface area (Å²) in [7, 11) is 1.79. The number of nitrogens with zero attached hydrogens (tertiary/aromatic N) is 3. The Labute approximate surface area is 101 Å². The SMILES string of the molecule is Cn1cc(C(=O)N(CCO)C2CCCC2)cn1. The molecule has 94 valence electrons. The van der Waals surface area contributed by atoms with Crippen LogP contribution in [0.3, 0.4) is 0 Å². The van der Waals surface area contributed by atoms with Gasteiger partial charge in [0.25, 0.3) is 5.91 Å². The lowest BCUT2D eigenvalue weighted by molar-refractivity contribution is 0.0638. The van der Waals surface area contributed by atoms with Gasteiger partial charge in [-0.1, -0.05) is 12.8 Å². The Bertz CT molecular complexity index is 383. The van der Waals surface area contributed by atoms with Gasteiger partial charge in [-0.05, 0) is 12.8 Å². The Kier molecular flexibility index (Phi) is 3.78. The third kappa shape index (κ3) is 2.66. The van der Waals surface area contributed by atoms with Gasteiger partial charge in [0, 0.05) is 25.8 Å². The fourth-order valence-electron chi connectivity index (χ4n) is 2.47. The van der Waals surface area contributed by atoms with Gasteiger partial charge >= 0.3 is 0 Å². The van der Waals surface area contributed by atoms with Crippen molar-refractivity contribution in [3.63, 3.8) is 0 Å². The van der Waals surface area contributed by atoms with Gasteiger partial charge in [0.05, 0.1) is 18.4 Å². The van der Waals surface area contributed by atoms with E-state index in [2.05, 4.69) is 5.10 Å². The highest BCUT2D eigenvalue weighted by Crippen LogP contribution is 2.24. The van der Waals surface area contributed by atoms with Crippen LogP contribution in [0.25, 0.3) is 0 Å². The van der Waals surface area contributed by atoms with Crippen LogP contribution in [0.4, 0.5) is 0 Å². The van der Waals surface area contributed by atoms with Crippen molar-refractivity contribution in [1.82, 2.24) is 14.7 Å². The fourth-order valence-corrected chi connectivity index (χ4v) is 2.47. The van der Waals surface area contributed by atoms with Crippen molar-refractivity contribution >= 4 is 5.91 Å². The predicted molar refractivity (Wildman–Crippen MR) is 63.6 cm³/mol. The lowest BCUT2D eigenvalue weighted by atomic mass is 10.2. The molecule has 0 saturated heterocycles. The van der Waals surface area contributed by atoms with Crippen LogP contribution in [0.2, 0.25) is 0 Å². The second kappa shape index (κ2) is 5.31. The normalized spacial score (nSPS) is 16.4. The van der Waals surface area contributed by atoms with E-state index in [9.17, 15) is 4.79 Å². The third-order valence-electron chi connectivity index (χ3n) is 3.32. The van der Waals surface area contributed by atoms with E-state index < -0.39 is 0 Å². The highest BCUT2D eigenvalue weighted by molar-refractivity contribution is 5.94. The first-order valence-electron chi connectivity index (χ1n) is 6.13. The lowest BCUT2D eigenvalue weighted by Crippen LogP contribution is -2.40. The molecule has 1 N–H and O–H groups in total. The largest absolute Gasteiger partial charge is 0.395 e. The number of hydrogen-bond acceptors (Lipinski definition) is 3. The smallest absolute Gasteiger partial charge is 0.257 e. The molecular formula is C12H19N3O2. The number of aromatic nitrogens is 2. The van der Waals surface area contributed by atoms with E-state index in [4.69, 9.17) is 5.11 Å². The van der Waals surface area contributed by atoms with E-state index in [1.165, 1.54) is 12.8 Å².